The first-order valence-electron chi connectivity index (χ1n) is 5.59. The highest BCUT2D eigenvalue weighted by Crippen LogP contribution is 2.32. The van der Waals surface area contributed by atoms with Crippen LogP contribution < -0.4 is 9.47 Å². The summed E-state index contributed by atoms with van der Waals surface area (Å²) in [5, 5.41) is 0.430. The molecule has 0 atom stereocenters. The van der Waals surface area contributed by atoms with E-state index in [2.05, 4.69) is 4.74 Å². The van der Waals surface area contributed by atoms with E-state index >= 15 is 0 Å². The summed E-state index contributed by atoms with van der Waals surface area (Å²) in [5.41, 5.74) is 1.25. The van der Waals surface area contributed by atoms with Crippen LogP contribution in [0, 0.1) is 0 Å². The number of ether oxygens (including phenoxy) is 2. The monoisotopic (exact) mass is 302 g/mol. The van der Waals surface area contributed by atoms with Crippen molar-refractivity contribution in [3.05, 3.63) is 47.5 Å². The zero-order valence-corrected chi connectivity index (χ0v) is 11.1. The molecule has 2 rings (SSSR count). The molecule has 0 amide bonds. The minimum absolute atomic E-state index is 0.274. The third-order valence-corrected chi connectivity index (χ3v) is 2.86. The molecule has 0 radical (unpaired) electrons. The van der Waals surface area contributed by atoms with Crippen LogP contribution in [0.2, 0.25) is 5.02 Å². The molecule has 0 aliphatic rings. The second-order valence-corrected chi connectivity index (χ2v) is 4.33. The average Bonchev–Trinajstić information content (AvgIpc) is 2.37. The molecule has 20 heavy (non-hydrogen) atoms. The minimum atomic E-state index is -4.71. The van der Waals surface area contributed by atoms with E-state index in [9.17, 15) is 13.2 Å². The van der Waals surface area contributed by atoms with Crippen molar-refractivity contribution < 1.29 is 22.6 Å². The molecule has 0 aliphatic carbocycles. The molecule has 0 aromatic heterocycles. The number of alkyl halides is 3. The van der Waals surface area contributed by atoms with Crippen LogP contribution in [0.3, 0.4) is 0 Å². The van der Waals surface area contributed by atoms with Gasteiger partial charge in [0.25, 0.3) is 0 Å². The van der Waals surface area contributed by atoms with Crippen molar-refractivity contribution in [1.29, 1.82) is 0 Å². The Hall–Kier alpha value is -1.88. The summed E-state index contributed by atoms with van der Waals surface area (Å²) < 4.78 is 45.5. The summed E-state index contributed by atoms with van der Waals surface area (Å²) in [6, 6.07) is 10.7. The molecule has 6 heteroatoms. The molecule has 0 spiro atoms. The largest absolute Gasteiger partial charge is 0.573 e. The summed E-state index contributed by atoms with van der Waals surface area (Å²) >= 11 is 5.90. The molecule has 0 aliphatic heterocycles. The normalized spacial score (nSPS) is 11.2. The Balaban J connectivity index is 2.36. The Morgan fingerprint density at radius 2 is 1.70 bits per heavy atom. The van der Waals surface area contributed by atoms with Gasteiger partial charge in [-0.05, 0) is 35.4 Å². The maximum absolute atomic E-state index is 12.2. The van der Waals surface area contributed by atoms with E-state index in [0.717, 1.165) is 0 Å². The van der Waals surface area contributed by atoms with Crippen molar-refractivity contribution in [2.24, 2.45) is 0 Å². The molecular formula is C14H10ClF3O2. The Labute approximate surface area is 118 Å². The molecule has 2 aromatic carbocycles. The van der Waals surface area contributed by atoms with E-state index in [1.807, 2.05) is 0 Å². The molecule has 0 fully saturated rings. The van der Waals surface area contributed by atoms with Gasteiger partial charge in [-0.25, -0.2) is 0 Å². The lowest BCUT2D eigenvalue weighted by atomic mass is 10.1. The van der Waals surface area contributed by atoms with Gasteiger partial charge >= 0.3 is 6.36 Å². The van der Waals surface area contributed by atoms with Gasteiger partial charge in [0.2, 0.25) is 0 Å². The predicted octanol–water partition coefficient (Wildman–Crippen LogP) is 4.91. The predicted molar refractivity (Wildman–Crippen MR) is 70.1 cm³/mol. The van der Waals surface area contributed by atoms with Gasteiger partial charge in [0.15, 0.2) is 0 Å². The Bertz CT molecular complexity index is 612. The summed E-state index contributed by atoms with van der Waals surface area (Å²) in [4.78, 5) is 0. The smallest absolute Gasteiger partial charge is 0.495 e. The van der Waals surface area contributed by atoms with E-state index in [1.54, 1.807) is 24.3 Å². The van der Waals surface area contributed by atoms with E-state index < -0.39 is 6.36 Å². The van der Waals surface area contributed by atoms with Crippen LogP contribution in [0.1, 0.15) is 0 Å². The van der Waals surface area contributed by atoms with Gasteiger partial charge in [0.05, 0.1) is 12.1 Å². The highest BCUT2D eigenvalue weighted by atomic mass is 35.5. The van der Waals surface area contributed by atoms with Gasteiger partial charge < -0.3 is 9.47 Å². The molecule has 0 unspecified atom stereocenters. The van der Waals surface area contributed by atoms with Crippen LogP contribution in [0.25, 0.3) is 11.1 Å². The van der Waals surface area contributed by atoms with E-state index in [1.165, 1.54) is 25.3 Å². The molecule has 2 nitrogen and oxygen atoms in total. The van der Waals surface area contributed by atoms with Gasteiger partial charge in [0, 0.05) is 0 Å². The highest BCUT2D eigenvalue weighted by molar-refractivity contribution is 6.32. The first kappa shape index (κ1) is 14.5. The molecule has 106 valence electrons. The molecule has 2 aromatic rings. The number of hydrogen-bond acceptors (Lipinski definition) is 2. The maximum Gasteiger partial charge on any atom is 0.573 e. The summed E-state index contributed by atoms with van der Waals surface area (Å²) in [6.07, 6.45) is -4.71. The molecule has 0 saturated carbocycles. The zero-order chi connectivity index (χ0) is 14.8. The second-order valence-electron chi connectivity index (χ2n) is 3.92. The second kappa shape index (κ2) is 5.63. The third-order valence-electron chi connectivity index (χ3n) is 2.55. The number of hydrogen-bond donors (Lipinski definition) is 0. The Kier molecular flexibility index (Phi) is 4.09. The van der Waals surface area contributed by atoms with Crippen LogP contribution in [0.5, 0.6) is 11.5 Å². The van der Waals surface area contributed by atoms with Crippen LogP contribution in [0.4, 0.5) is 13.2 Å². The van der Waals surface area contributed by atoms with Crippen molar-refractivity contribution in [1.82, 2.24) is 0 Å². The lowest BCUT2D eigenvalue weighted by molar-refractivity contribution is -0.274. The fourth-order valence-electron chi connectivity index (χ4n) is 1.71. The zero-order valence-electron chi connectivity index (χ0n) is 10.4. The molecular weight excluding hydrogens is 293 g/mol. The first-order chi connectivity index (χ1) is 9.39. The Morgan fingerprint density at radius 1 is 1.00 bits per heavy atom. The van der Waals surface area contributed by atoms with E-state index in [-0.39, 0.29) is 5.75 Å². The van der Waals surface area contributed by atoms with Crippen molar-refractivity contribution in [3.63, 3.8) is 0 Å². The van der Waals surface area contributed by atoms with E-state index in [0.29, 0.717) is 21.9 Å². The number of halogens is 4. The minimum Gasteiger partial charge on any atom is -0.495 e. The van der Waals surface area contributed by atoms with Crippen LogP contribution in [-0.4, -0.2) is 13.5 Å². The molecule has 0 bridgehead atoms. The van der Waals surface area contributed by atoms with Crippen LogP contribution >= 0.6 is 11.6 Å². The van der Waals surface area contributed by atoms with Crippen LogP contribution in [0.15, 0.2) is 42.5 Å². The summed E-state index contributed by atoms with van der Waals surface area (Å²) in [5.74, 6) is 0.176. The van der Waals surface area contributed by atoms with Crippen molar-refractivity contribution in [3.8, 4) is 22.6 Å². The van der Waals surface area contributed by atoms with Gasteiger partial charge in [0.1, 0.15) is 11.5 Å². The fraction of sp³-hybridized carbons (Fsp3) is 0.143. The number of benzene rings is 2. The molecule has 0 heterocycles. The molecule has 0 N–H and O–H groups in total. The van der Waals surface area contributed by atoms with Crippen molar-refractivity contribution in [2.45, 2.75) is 6.36 Å². The van der Waals surface area contributed by atoms with Gasteiger partial charge in [-0.15, -0.1) is 13.2 Å². The highest BCUT2D eigenvalue weighted by Gasteiger charge is 2.31. The van der Waals surface area contributed by atoms with E-state index in [4.69, 9.17) is 16.3 Å². The maximum atomic E-state index is 12.2. The quantitative estimate of drug-likeness (QED) is 0.801. The lowest BCUT2D eigenvalue weighted by Crippen LogP contribution is -2.17. The van der Waals surface area contributed by atoms with Crippen molar-refractivity contribution in [2.75, 3.05) is 7.11 Å². The van der Waals surface area contributed by atoms with Gasteiger partial charge in [-0.1, -0.05) is 29.8 Å². The van der Waals surface area contributed by atoms with Crippen LogP contribution in [-0.2, 0) is 0 Å². The summed E-state index contributed by atoms with van der Waals surface area (Å²) in [6.45, 7) is 0. The number of methoxy groups -OCH3 is 1. The lowest BCUT2D eigenvalue weighted by Gasteiger charge is -2.11. The Morgan fingerprint density at radius 3 is 2.35 bits per heavy atom. The standard InChI is InChI=1S/C14H10ClF3O2/c1-19-13-8-10(5-6-12(13)15)9-3-2-4-11(7-9)20-14(16,17)18/h2-8H,1H3. The summed E-state index contributed by atoms with van der Waals surface area (Å²) in [7, 11) is 1.47. The first-order valence-corrected chi connectivity index (χ1v) is 5.96. The number of rotatable bonds is 3. The SMILES string of the molecule is COc1cc(-c2cccc(OC(F)(F)F)c2)ccc1Cl. The van der Waals surface area contributed by atoms with Gasteiger partial charge in [-0.2, -0.15) is 0 Å². The topological polar surface area (TPSA) is 18.5 Å². The van der Waals surface area contributed by atoms with Crippen molar-refractivity contribution >= 4 is 11.6 Å². The molecule has 0 saturated heterocycles. The fourth-order valence-corrected chi connectivity index (χ4v) is 1.91. The average molecular weight is 303 g/mol. The third kappa shape index (κ3) is 3.57. The van der Waals surface area contributed by atoms with Gasteiger partial charge in [-0.3, -0.25) is 0 Å².